The van der Waals surface area contributed by atoms with Gasteiger partial charge in [0, 0.05) is 18.8 Å². The average Bonchev–Trinajstić information content (AvgIpc) is 2.98. The third-order valence-electron chi connectivity index (χ3n) is 9.01. The molecule has 0 bridgehead atoms. The maximum absolute atomic E-state index is 10.7. The predicted molar refractivity (Wildman–Crippen MR) is 200 cm³/mol. The highest BCUT2D eigenvalue weighted by molar-refractivity contribution is 8.93. The smallest absolute Gasteiger partial charge is 0.181 e. The van der Waals surface area contributed by atoms with Crippen LogP contribution in [0.15, 0.2) is 0 Å². The number of hydrogen-bond donors (Lipinski definition) is 2. The number of rotatable bonds is 36. The molecule has 0 saturated heterocycles. The van der Waals surface area contributed by atoms with Gasteiger partial charge in [-0.25, -0.2) is 0 Å². The lowest BCUT2D eigenvalue weighted by Gasteiger charge is -2.27. The summed E-state index contributed by atoms with van der Waals surface area (Å²) in [5.74, 6) is 0. The highest BCUT2D eigenvalue weighted by Gasteiger charge is 2.23. The van der Waals surface area contributed by atoms with Gasteiger partial charge >= 0.3 is 0 Å². The summed E-state index contributed by atoms with van der Waals surface area (Å²) in [7, 11) is 0. The van der Waals surface area contributed by atoms with Crippen LogP contribution in [-0.2, 0) is 9.47 Å². The quantitative estimate of drug-likeness (QED) is 0.0507. The molecule has 4 nitrogen and oxygen atoms in total. The van der Waals surface area contributed by atoms with Crippen LogP contribution in [0.5, 0.6) is 0 Å². The summed E-state index contributed by atoms with van der Waals surface area (Å²) in [5.41, 5.74) is 5.97. The van der Waals surface area contributed by atoms with E-state index in [1.807, 2.05) is 13.8 Å². The minimum atomic E-state index is -0.851. The molecule has 0 fully saturated rings. The van der Waals surface area contributed by atoms with Crippen molar-refractivity contribution >= 4 is 17.0 Å². The van der Waals surface area contributed by atoms with Gasteiger partial charge in [0.15, 0.2) is 6.29 Å². The molecule has 5 heteroatoms. The van der Waals surface area contributed by atoms with Crippen LogP contribution in [0.2, 0.25) is 0 Å². The lowest BCUT2D eigenvalue weighted by Crippen LogP contribution is -2.37. The van der Waals surface area contributed by atoms with Gasteiger partial charge in [0.2, 0.25) is 0 Å². The topological polar surface area (TPSA) is 64.7 Å². The molecule has 0 saturated carbocycles. The summed E-state index contributed by atoms with van der Waals surface area (Å²) in [5, 5.41) is 10.7. The molecule has 0 aliphatic rings. The largest absolute Gasteiger partial charge is 0.373 e. The third kappa shape index (κ3) is 36.8. The molecule has 0 radical (unpaired) electrons. The normalized spacial score (nSPS) is 13.2. The van der Waals surface area contributed by atoms with E-state index in [0.717, 1.165) is 25.7 Å². The monoisotopic (exact) mass is 692 g/mol. The molecule has 2 unspecified atom stereocenters. The zero-order chi connectivity index (χ0) is 31.7. The predicted octanol–water partition coefficient (Wildman–Crippen LogP) is 12.8. The molecule has 0 aromatic rings. The fourth-order valence-electron chi connectivity index (χ4n) is 5.96. The number of hydrogen-bond acceptors (Lipinski definition) is 4. The first-order valence-electron chi connectivity index (χ1n) is 19.6. The zero-order valence-electron chi connectivity index (χ0n) is 30.5. The van der Waals surface area contributed by atoms with Gasteiger partial charge in [0.1, 0.15) is 6.10 Å². The molecule has 2 atom stereocenters. The average molecular weight is 693 g/mol. The highest BCUT2D eigenvalue weighted by Crippen LogP contribution is 2.18. The van der Waals surface area contributed by atoms with Gasteiger partial charge in [-0.3, -0.25) is 0 Å². The Hall–Kier alpha value is 0.320. The first-order chi connectivity index (χ1) is 20.9. The summed E-state index contributed by atoms with van der Waals surface area (Å²) in [4.78, 5) is 0. The molecular weight excluding hydrogens is 610 g/mol. The van der Waals surface area contributed by atoms with Crippen LogP contribution in [0.3, 0.4) is 0 Å². The van der Waals surface area contributed by atoms with Crippen molar-refractivity contribution in [3.05, 3.63) is 0 Å². The van der Waals surface area contributed by atoms with Crippen molar-refractivity contribution in [3.8, 4) is 0 Å². The van der Waals surface area contributed by atoms with E-state index >= 15 is 0 Å². The van der Waals surface area contributed by atoms with Crippen LogP contribution in [0, 0.1) is 0 Å². The van der Waals surface area contributed by atoms with Crippen molar-refractivity contribution in [1.29, 1.82) is 0 Å². The van der Waals surface area contributed by atoms with Crippen molar-refractivity contribution in [2.45, 2.75) is 238 Å². The Labute approximate surface area is 287 Å². The number of aliphatic hydroxyl groups is 1. The Balaban J connectivity index is 0. The second-order valence-corrected chi connectivity index (χ2v) is 14.4. The van der Waals surface area contributed by atoms with Crippen molar-refractivity contribution in [2.75, 3.05) is 13.2 Å². The van der Waals surface area contributed by atoms with Crippen molar-refractivity contribution in [1.82, 2.24) is 0 Å². The molecule has 3 N–H and O–H groups in total. The van der Waals surface area contributed by atoms with Crippen molar-refractivity contribution in [2.24, 2.45) is 5.73 Å². The molecule has 0 aliphatic carbocycles. The fourth-order valence-corrected chi connectivity index (χ4v) is 5.96. The minimum Gasteiger partial charge on any atom is -0.373 e. The van der Waals surface area contributed by atoms with E-state index < -0.39 is 6.29 Å². The lowest BCUT2D eigenvalue weighted by atomic mass is 9.97. The van der Waals surface area contributed by atoms with Gasteiger partial charge in [0.25, 0.3) is 0 Å². The van der Waals surface area contributed by atoms with E-state index in [1.54, 1.807) is 0 Å². The van der Waals surface area contributed by atoms with Gasteiger partial charge in [-0.1, -0.05) is 181 Å². The summed E-state index contributed by atoms with van der Waals surface area (Å²) < 4.78 is 12.0. The van der Waals surface area contributed by atoms with E-state index in [1.165, 1.54) is 167 Å². The summed E-state index contributed by atoms with van der Waals surface area (Å²) >= 11 is 0. The lowest BCUT2D eigenvalue weighted by molar-refractivity contribution is -0.182. The Kier molecular flexibility index (Phi) is 38.2. The maximum atomic E-state index is 10.7. The van der Waals surface area contributed by atoms with E-state index in [-0.39, 0.29) is 28.6 Å². The summed E-state index contributed by atoms with van der Waals surface area (Å²) in [6, 6.07) is 0. The Morgan fingerprint density at radius 2 is 0.750 bits per heavy atom. The van der Waals surface area contributed by atoms with Gasteiger partial charge in [-0.2, -0.15) is 0 Å². The SMILES string of the molecule is Br.CCCCCCCCCCCCCCCCOC(O)C(CCC(C)(C)N)OCCCCCCCCCCCCCCCC. The fraction of sp³-hybridized carbons (Fsp3) is 1.00. The molecular formula is C39H82BrNO3. The number of aliphatic hydroxyl groups excluding tert-OH is 1. The number of unbranched alkanes of at least 4 members (excludes halogenated alkanes) is 26. The number of ether oxygens (including phenoxy) is 2. The van der Waals surface area contributed by atoms with Gasteiger partial charge in [-0.15, -0.1) is 17.0 Å². The molecule has 0 spiro atoms. The van der Waals surface area contributed by atoms with Crippen LogP contribution in [-0.4, -0.2) is 36.3 Å². The third-order valence-corrected chi connectivity index (χ3v) is 9.01. The van der Waals surface area contributed by atoms with Gasteiger partial charge in [-0.05, 0) is 39.5 Å². The van der Waals surface area contributed by atoms with Crippen LogP contribution < -0.4 is 5.73 Å². The van der Waals surface area contributed by atoms with Crippen molar-refractivity contribution < 1.29 is 14.6 Å². The summed E-state index contributed by atoms with van der Waals surface area (Å²) in [6.45, 7) is 9.97. The number of halogens is 1. The minimum absolute atomic E-state index is 0. The maximum Gasteiger partial charge on any atom is 0.181 e. The van der Waals surface area contributed by atoms with E-state index in [2.05, 4.69) is 13.8 Å². The molecule has 268 valence electrons. The summed E-state index contributed by atoms with van der Waals surface area (Å²) in [6.07, 6.45) is 38.2. The standard InChI is InChI=1S/C39H81NO3.BrH/c1-5-7-9-11-13-15-17-19-21-23-25-27-29-31-35-42-37(33-34-39(3,4)40)38(41)43-36-32-30-28-26-24-22-20-18-16-14-12-10-8-6-2;/h37-38,41H,5-36,40H2,1-4H3;1H. The molecule has 44 heavy (non-hydrogen) atoms. The Bertz CT molecular complexity index is 528. The zero-order valence-corrected chi connectivity index (χ0v) is 32.2. The van der Waals surface area contributed by atoms with Crippen molar-refractivity contribution in [3.63, 3.8) is 0 Å². The Morgan fingerprint density at radius 1 is 0.477 bits per heavy atom. The van der Waals surface area contributed by atoms with Crippen LogP contribution >= 0.6 is 17.0 Å². The van der Waals surface area contributed by atoms with E-state index in [4.69, 9.17) is 15.2 Å². The molecule has 0 rings (SSSR count). The molecule has 0 aromatic carbocycles. The van der Waals surface area contributed by atoms with Crippen LogP contribution in [0.4, 0.5) is 0 Å². The van der Waals surface area contributed by atoms with Gasteiger partial charge in [0.05, 0.1) is 0 Å². The Morgan fingerprint density at radius 3 is 1.05 bits per heavy atom. The second kappa shape index (κ2) is 36.2. The van der Waals surface area contributed by atoms with Crippen LogP contribution in [0.25, 0.3) is 0 Å². The molecule has 0 aromatic heterocycles. The molecule has 0 amide bonds. The van der Waals surface area contributed by atoms with E-state index in [9.17, 15) is 5.11 Å². The first kappa shape index (κ1) is 46.4. The van der Waals surface area contributed by atoms with Crippen LogP contribution in [0.1, 0.15) is 220 Å². The molecule has 0 aliphatic heterocycles. The second-order valence-electron chi connectivity index (χ2n) is 14.4. The molecule has 0 heterocycles. The van der Waals surface area contributed by atoms with E-state index in [0.29, 0.717) is 13.2 Å². The van der Waals surface area contributed by atoms with Gasteiger partial charge < -0.3 is 20.3 Å². The first-order valence-corrected chi connectivity index (χ1v) is 19.6. The number of nitrogens with two attached hydrogens (primary N) is 1. The highest BCUT2D eigenvalue weighted by atomic mass is 79.9.